The summed E-state index contributed by atoms with van der Waals surface area (Å²) in [6.45, 7) is 0. The SMILES string of the molecule is O=C1C(c2cccc(Oc3ccccc3)c2)C(C(=O)O)N2c3ccccc3C=CC12. The monoisotopic (exact) mass is 397 g/mol. The van der Waals surface area contributed by atoms with Gasteiger partial charge in [-0.3, -0.25) is 4.79 Å². The second-order valence-electron chi connectivity index (χ2n) is 7.42. The fraction of sp³-hybridized carbons (Fsp3) is 0.120. The number of aliphatic carboxylic acids is 1. The van der Waals surface area contributed by atoms with E-state index in [0.717, 1.165) is 11.3 Å². The van der Waals surface area contributed by atoms with Gasteiger partial charge >= 0.3 is 5.97 Å². The molecule has 3 aromatic carbocycles. The van der Waals surface area contributed by atoms with Crippen molar-refractivity contribution >= 4 is 23.5 Å². The van der Waals surface area contributed by atoms with Gasteiger partial charge in [0.05, 0.1) is 5.92 Å². The summed E-state index contributed by atoms with van der Waals surface area (Å²) in [7, 11) is 0. The highest BCUT2D eigenvalue weighted by Gasteiger charge is 2.52. The van der Waals surface area contributed by atoms with Crippen molar-refractivity contribution < 1.29 is 19.4 Å². The molecule has 5 heteroatoms. The number of nitrogens with zero attached hydrogens (tertiary/aromatic N) is 1. The van der Waals surface area contributed by atoms with Crippen molar-refractivity contribution in [3.63, 3.8) is 0 Å². The molecule has 0 spiro atoms. The fourth-order valence-electron chi connectivity index (χ4n) is 4.36. The minimum atomic E-state index is -1.02. The summed E-state index contributed by atoms with van der Waals surface area (Å²) in [4.78, 5) is 27.4. The van der Waals surface area contributed by atoms with Crippen LogP contribution in [0.4, 0.5) is 5.69 Å². The molecular weight excluding hydrogens is 378 g/mol. The number of carboxylic acid groups (broad SMARTS) is 1. The maximum absolute atomic E-state index is 13.3. The van der Waals surface area contributed by atoms with Crippen LogP contribution >= 0.6 is 0 Å². The number of ether oxygens (including phenoxy) is 1. The van der Waals surface area contributed by atoms with Crippen LogP contribution in [0.3, 0.4) is 0 Å². The highest BCUT2D eigenvalue weighted by atomic mass is 16.5. The molecule has 3 unspecified atom stereocenters. The van der Waals surface area contributed by atoms with Crippen LogP contribution in [0.2, 0.25) is 0 Å². The van der Waals surface area contributed by atoms with E-state index >= 15 is 0 Å². The van der Waals surface area contributed by atoms with E-state index in [1.165, 1.54) is 0 Å². The molecule has 3 aromatic rings. The molecule has 1 saturated heterocycles. The quantitative estimate of drug-likeness (QED) is 0.702. The Bertz CT molecular complexity index is 1150. The number of carbonyl (C=O) groups excluding carboxylic acids is 1. The highest BCUT2D eigenvalue weighted by molar-refractivity contribution is 6.07. The lowest BCUT2D eigenvalue weighted by molar-refractivity contribution is -0.139. The number of rotatable bonds is 4. The van der Waals surface area contributed by atoms with Crippen molar-refractivity contribution in [1.82, 2.24) is 0 Å². The van der Waals surface area contributed by atoms with Gasteiger partial charge in [0.1, 0.15) is 23.6 Å². The average Bonchev–Trinajstić information content (AvgIpc) is 3.08. The molecule has 0 amide bonds. The average molecular weight is 397 g/mol. The van der Waals surface area contributed by atoms with Gasteiger partial charge in [-0.15, -0.1) is 0 Å². The first-order valence-electron chi connectivity index (χ1n) is 9.78. The van der Waals surface area contributed by atoms with Crippen molar-refractivity contribution in [3.8, 4) is 11.5 Å². The van der Waals surface area contributed by atoms with Crippen LogP contribution in [0.15, 0.2) is 84.9 Å². The molecule has 0 radical (unpaired) electrons. The van der Waals surface area contributed by atoms with E-state index in [1.54, 1.807) is 35.2 Å². The number of fused-ring (bicyclic) bond motifs is 3. The van der Waals surface area contributed by atoms with E-state index in [9.17, 15) is 14.7 Å². The van der Waals surface area contributed by atoms with Crippen molar-refractivity contribution in [2.75, 3.05) is 4.90 Å². The zero-order valence-corrected chi connectivity index (χ0v) is 16.0. The third-order valence-corrected chi connectivity index (χ3v) is 5.64. The van der Waals surface area contributed by atoms with Gasteiger partial charge in [-0.2, -0.15) is 0 Å². The van der Waals surface area contributed by atoms with Crippen molar-refractivity contribution in [2.24, 2.45) is 0 Å². The lowest BCUT2D eigenvalue weighted by atomic mass is 9.89. The van der Waals surface area contributed by atoms with Crippen LogP contribution < -0.4 is 9.64 Å². The van der Waals surface area contributed by atoms with Crippen LogP contribution in [0.1, 0.15) is 17.0 Å². The Kier molecular flexibility index (Phi) is 4.36. The topological polar surface area (TPSA) is 66.8 Å². The van der Waals surface area contributed by atoms with Crippen molar-refractivity contribution in [1.29, 1.82) is 0 Å². The molecule has 2 heterocycles. The number of Topliss-reactive ketones (excluding diaryl/α,β-unsaturated/α-hetero) is 1. The molecule has 148 valence electrons. The lowest BCUT2D eigenvalue weighted by Crippen LogP contribution is -2.43. The van der Waals surface area contributed by atoms with Gasteiger partial charge in [-0.1, -0.05) is 60.7 Å². The highest BCUT2D eigenvalue weighted by Crippen LogP contribution is 2.43. The lowest BCUT2D eigenvalue weighted by Gasteiger charge is -2.32. The minimum Gasteiger partial charge on any atom is -0.480 e. The molecule has 1 fully saturated rings. The molecule has 0 aromatic heterocycles. The Labute approximate surface area is 173 Å². The number of para-hydroxylation sites is 2. The van der Waals surface area contributed by atoms with E-state index in [1.807, 2.05) is 60.7 Å². The number of anilines is 1. The number of hydrogen-bond acceptors (Lipinski definition) is 4. The molecule has 1 N–H and O–H groups in total. The second kappa shape index (κ2) is 7.19. The predicted molar refractivity (Wildman–Crippen MR) is 114 cm³/mol. The van der Waals surface area contributed by atoms with Gasteiger partial charge in [-0.25, -0.2) is 4.79 Å². The van der Waals surface area contributed by atoms with E-state index in [2.05, 4.69) is 0 Å². The Balaban J connectivity index is 1.55. The summed E-state index contributed by atoms with van der Waals surface area (Å²) in [5.41, 5.74) is 2.32. The van der Waals surface area contributed by atoms with Crippen LogP contribution in [0, 0.1) is 0 Å². The van der Waals surface area contributed by atoms with Crippen LogP contribution in [0.5, 0.6) is 11.5 Å². The summed E-state index contributed by atoms with van der Waals surface area (Å²) in [6, 6.07) is 22.5. The van der Waals surface area contributed by atoms with E-state index in [-0.39, 0.29) is 5.78 Å². The smallest absolute Gasteiger partial charge is 0.327 e. The maximum atomic E-state index is 13.3. The number of benzene rings is 3. The van der Waals surface area contributed by atoms with Crippen molar-refractivity contribution in [2.45, 2.75) is 18.0 Å². The van der Waals surface area contributed by atoms with Gasteiger partial charge in [0.2, 0.25) is 0 Å². The second-order valence-corrected chi connectivity index (χ2v) is 7.42. The van der Waals surface area contributed by atoms with Crippen LogP contribution in [0.25, 0.3) is 6.08 Å². The third kappa shape index (κ3) is 2.95. The predicted octanol–water partition coefficient (Wildman–Crippen LogP) is 4.50. The summed E-state index contributed by atoms with van der Waals surface area (Å²) < 4.78 is 5.90. The molecule has 3 atom stereocenters. The van der Waals surface area contributed by atoms with Crippen LogP contribution in [-0.4, -0.2) is 28.9 Å². The molecule has 2 aliphatic heterocycles. The van der Waals surface area contributed by atoms with Crippen molar-refractivity contribution in [3.05, 3.63) is 96.1 Å². The van der Waals surface area contributed by atoms with Gasteiger partial charge in [-0.05, 0) is 41.5 Å². The molecule has 5 nitrogen and oxygen atoms in total. The largest absolute Gasteiger partial charge is 0.480 e. The first-order chi connectivity index (χ1) is 14.6. The minimum absolute atomic E-state index is 0.120. The number of ketones is 1. The zero-order chi connectivity index (χ0) is 20.7. The third-order valence-electron chi connectivity index (χ3n) is 5.64. The van der Waals surface area contributed by atoms with Crippen LogP contribution in [-0.2, 0) is 9.59 Å². The standard InChI is InChI=1S/C25H19NO4/c27-24-21-14-13-16-7-4-5-12-20(16)26(21)23(25(28)29)22(24)17-8-6-11-19(15-17)30-18-9-2-1-3-10-18/h1-15,21-23H,(H,28,29). The summed E-state index contributed by atoms with van der Waals surface area (Å²) >= 11 is 0. The Morgan fingerprint density at radius 2 is 1.63 bits per heavy atom. The number of hydrogen-bond donors (Lipinski definition) is 1. The number of carboxylic acids is 1. The molecule has 30 heavy (non-hydrogen) atoms. The maximum Gasteiger partial charge on any atom is 0.327 e. The number of carbonyl (C=O) groups is 2. The molecule has 2 aliphatic rings. The first kappa shape index (κ1) is 18.2. The Morgan fingerprint density at radius 3 is 2.43 bits per heavy atom. The molecule has 0 bridgehead atoms. The van der Waals surface area contributed by atoms with E-state index in [4.69, 9.17) is 4.74 Å². The van der Waals surface area contributed by atoms with Gasteiger partial charge in [0.25, 0.3) is 0 Å². The zero-order valence-electron chi connectivity index (χ0n) is 16.0. The molecule has 5 rings (SSSR count). The summed E-state index contributed by atoms with van der Waals surface area (Å²) in [5, 5.41) is 10.1. The van der Waals surface area contributed by atoms with Gasteiger partial charge in [0, 0.05) is 5.69 Å². The fourth-order valence-corrected chi connectivity index (χ4v) is 4.36. The Morgan fingerprint density at radius 1 is 0.900 bits per heavy atom. The van der Waals surface area contributed by atoms with E-state index in [0.29, 0.717) is 17.1 Å². The molecule has 0 aliphatic carbocycles. The summed E-state index contributed by atoms with van der Waals surface area (Å²) in [6.07, 6.45) is 3.69. The summed E-state index contributed by atoms with van der Waals surface area (Å²) in [5.74, 6) is -0.684. The normalized spacial score (nSPS) is 21.8. The first-order valence-corrected chi connectivity index (χ1v) is 9.78. The van der Waals surface area contributed by atoms with E-state index < -0.39 is 24.0 Å². The molecule has 0 saturated carbocycles. The van der Waals surface area contributed by atoms with Gasteiger partial charge in [0.15, 0.2) is 5.78 Å². The molecular formula is C25H19NO4. The van der Waals surface area contributed by atoms with Gasteiger partial charge < -0.3 is 14.7 Å². The Hall–Kier alpha value is -3.86.